The number of ether oxygens (including phenoxy) is 2. The van der Waals surface area contributed by atoms with Crippen LogP contribution in [0.5, 0.6) is 11.5 Å². The van der Waals surface area contributed by atoms with Gasteiger partial charge in [0.1, 0.15) is 12.3 Å². The van der Waals surface area contributed by atoms with Gasteiger partial charge in [0, 0.05) is 18.2 Å². The number of carbonyl (C=O) groups is 2. The Bertz CT molecular complexity index is 1190. The molecule has 0 bridgehead atoms. The molecule has 7 heteroatoms. The minimum absolute atomic E-state index is 0.0120. The summed E-state index contributed by atoms with van der Waals surface area (Å²) in [5, 5.41) is 0. The smallest absolute Gasteiger partial charge is 0.254 e. The van der Waals surface area contributed by atoms with Crippen molar-refractivity contribution in [2.24, 2.45) is 0 Å². The first-order chi connectivity index (χ1) is 19.4. The van der Waals surface area contributed by atoms with E-state index in [2.05, 4.69) is 6.92 Å². The molecular formula is C33H44N2O5. The van der Waals surface area contributed by atoms with Gasteiger partial charge in [-0.25, -0.2) is 0 Å². The molecule has 1 heterocycles. The van der Waals surface area contributed by atoms with Crippen molar-refractivity contribution in [2.45, 2.75) is 71.9 Å². The number of rotatable bonds is 16. The van der Waals surface area contributed by atoms with Gasteiger partial charge in [-0.15, -0.1) is 0 Å². The third kappa shape index (κ3) is 8.90. The van der Waals surface area contributed by atoms with E-state index >= 15 is 0 Å². The second-order valence-electron chi connectivity index (χ2n) is 10.4. The molecule has 2 amide bonds. The van der Waals surface area contributed by atoms with Crippen LogP contribution in [-0.2, 0) is 24.2 Å². The lowest BCUT2D eigenvalue weighted by atomic mass is 10.0. The fourth-order valence-electron chi connectivity index (χ4n) is 4.65. The highest BCUT2D eigenvalue weighted by molar-refractivity contribution is 5.96. The number of furan rings is 1. The van der Waals surface area contributed by atoms with E-state index in [1.165, 1.54) is 24.8 Å². The zero-order valence-corrected chi connectivity index (χ0v) is 24.7. The summed E-state index contributed by atoms with van der Waals surface area (Å²) < 4.78 is 16.3. The second-order valence-corrected chi connectivity index (χ2v) is 10.4. The normalized spacial score (nSPS) is 10.9. The van der Waals surface area contributed by atoms with E-state index in [-0.39, 0.29) is 24.4 Å². The molecule has 0 fully saturated rings. The lowest BCUT2D eigenvalue weighted by molar-refractivity contribution is -0.133. The largest absolute Gasteiger partial charge is 0.493 e. The lowest BCUT2D eigenvalue weighted by Gasteiger charge is -2.30. The van der Waals surface area contributed by atoms with Crippen molar-refractivity contribution in [3.05, 3.63) is 83.3 Å². The third-order valence-electron chi connectivity index (χ3n) is 7.11. The summed E-state index contributed by atoms with van der Waals surface area (Å²) in [4.78, 5) is 30.5. The molecule has 0 N–H and O–H groups in total. The Morgan fingerprint density at radius 3 is 2.23 bits per heavy atom. The zero-order valence-electron chi connectivity index (χ0n) is 24.7. The first-order valence-corrected chi connectivity index (χ1v) is 14.3. The van der Waals surface area contributed by atoms with Crippen LogP contribution in [0.1, 0.15) is 73.7 Å². The monoisotopic (exact) mass is 548 g/mol. The molecule has 2 aromatic carbocycles. The highest BCUT2D eigenvalue weighted by Gasteiger charge is 2.25. The molecule has 0 spiro atoms. The third-order valence-corrected chi connectivity index (χ3v) is 7.11. The van der Waals surface area contributed by atoms with Crippen LogP contribution in [0.4, 0.5) is 0 Å². The maximum absolute atomic E-state index is 13.6. The fourth-order valence-corrected chi connectivity index (χ4v) is 4.65. The number of hydrogen-bond acceptors (Lipinski definition) is 5. The highest BCUT2D eigenvalue weighted by Crippen LogP contribution is 2.28. The Kier molecular flexibility index (Phi) is 12.1. The summed E-state index contributed by atoms with van der Waals surface area (Å²) in [5.74, 6) is 1.72. The number of nitrogens with zero attached hydrogens (tertiary/aromatic N) is 2. The molecular weight excluding hydrogens is 504 g/mol. The summed E-state index contributed by atoms with van der Waals surface area (Å²) in [5.41, 5.74) is 2.85. The Morgan fingerprint density at radius 2 is 1.60 bits per heavy atom. The number of aryl methyl sites for hydroxylation is 1. The van der Waals surface area contributed by atoms with E-state index in [0.29, 0.717) is 42.3 Å². The van der Waals surface area contributed by atoms with Crippen LogP contribution in [0, 0.1) is 0 Å². The maximum Gasteiger partial charge on any atom is 0.254 e. The second kappa shape index (κ2) is 15.8. The zero-order chi connectivity index (χ0) is 28.9. The summed E-state index contributed by atoms with van der Waals surface area (Å²) in [7, 11) is 3.21. The van der Waals surface area contributed by atoms with Gasteiger partial charge in [0.25, 0.3) is 5.91 Å². The Balaban J connectivity index is 1.70. The number of methoxy groups -OCH3 is 2. The van der Waals surface area contributed by atoms with Crippen molar-refractivity contribution in [1.82, 2.24) is 9.80 Å². The van der Waals surface area contributed by atoms with Crippen LogP contribution >= 0.6 is 0 Å². The topological polar surface area (TPSA) is 72.2 Å². The number of hydrogen-bond donors (Lipinski definition) is 0. The Hall–Kier alpha value is -3.74. The van der Waals surface area contributed by atoms with Crippen molar-refractivity contribution in [1.29, 1.82) is 0 Å². The molecule has 1 aromatic heterocycles. The lowest BCUT2D eigenvalue weighted by Crippen LogP contribution is -2.46. The minimum atomic E-state index is -0.140. The van der Waals surface area contributed by atoms with E-state index < -0.39 is 0 Å². The van der Waals surface area contributed by atoms with Crippen molar-refractivity contribution in [3.63, 3.8) is 0 Å². The molecule has 0 aliphatic carbocycles. The van der Waals surface area contributed by atoms with Crippen molar-refractivity contribution < 1.29 is 23.5 Å². The summed E-state index contributed by atoms with van der Waals surface area (Å²) in [6.07, 6.45) is 8.07. The molecule has 0 atom stereocenters. The van der Waals surface area contributed by atoms with E-state index in [9.17, 15) is 9.59 Å². The standard InChI is InChI=1S/C33H44N2O5/c1-6-7-8-9-11-26-13-16-28(17-14-26)33(37)35(25(2)3)24-32(36)34(23-29-12-10-21-40-29)20-19-27-15-18-30(38-4)31(22-27)39-5/h10,12-18,21-22,25H,6-9,11,19-20,23-24H2,1-5H3. The van der Waals surface area contributed by atoms with Crippen molar-refractivity contribution >= 4 is 11.8 Å². The molecule has 7 nitrogen and oxygen atoms in total. The molecule has 0 unspecified atom stereocenters. The highest BCUT2D eigenvalue weighted by atomic mass is 16.5. The van der Waals surface area contributed by atoms with E-state index in [0.717, 1.165) is 18.4 Å². The molecule has 0 saturated heterocycles. The SMILES string of the molecule is CCCCCCc1ccc(C(=O)N(CC(=O)N(CCc2ccc(OC)c(OC)c2)Cc2ccco2)C(C)C)cc1. The van der Waals surface area contributed by atoms with Gasteiger partial charge in [-0.3, -0.25) is 9.59 Å². The number of benzene rings is 2. The number of carbonyl (C=O) groups excluding carboxylic acids is 2. The van der Waals surface area contributed by atoms with Gasteiger partial charge in [-0.2, -0.15) is 0 Å². The van der Waals surface area contributed by atoms with Gasteiger partial charge < -0.3 is 23.7 Å². The first kappa shape index (κ1) is 30.8. The average molecular weight is 549 g/mol. The summed E-state index contributed by atoms with van der Waals surface area (Å²) in [6.45, 7) is 6.86. The van der Waals surface area contributed by atoms with Crippen LogP contribution < -0.4 is 9.47 Å². The molecule has 0 aliphatic rings. The predicted molar refractivity (Wildman–Crippen MR) is 158 cm³/mol. The summed E-state index contributed by atoms with van der Waals surface area (Å²) in [6, 6.07) is 17.1. The van der Waals surface area contributed by atoms with Crippen LogP contribution in [0.2, 0.25) is 0 Å². The van der Waals surface area contributed by atoms with Crippen LogP contribution in [0.15, 0.2) is 65.3 Å². The molecule has 3 aromatic rings. The van der Waals surface area contributed by atoms with Gasteiger partial charge in [-0.1, -0.05) is 44.4 Å². The van der Waals surface area contributed by atoms with E-state index in [1.54, 1.807) is 30.3 Å². The average Bonchev–Trinajstić information content (AvgIpc) is 3.49. The maximum atomic E-state index is 13.6. The first-order valence-electron chi connectivity index (χ1n) is 14.3. The fraction of sp³-hybridized carbons (Fsp3) is 0.455. The number of amides is 2. The predicted octanol–water partition coefficient (Wildman–Crippen LogP) is 6.54. The molecule has 0 aliphatic heterocycles. The minimum Gasteiger partial charge on any atom is -0.493 e. The molecule has 40 heavy (non-hydrogen) atoms. The van der Waals surface area contributed by atoms with Gasteiger partial charge in [-0.05, 0) is 80.6 Å². The van der Waals surface area contributed by atoms with Crippen LogP contribution in [0.3, 0.4) is 0 Å². The van der Waals surface area contributed by atoms with Gasteiger partial charge >= 0.3 is 0 Å². The molecule has 0 saturated carbocycles. The van der Waals surface area contributed by atoms with Gasteiger partial charge in [0.05, 0.1) is 27.0 Å². The Labute approximate surface area is 239 Å². The van der Waals surface area contributed by atoms with Gasteiger partial charge in [0.2, 0.25) is 5.91 Å². The quantitative estimate of drug-likeness (QED) is 0.190. The van der Waals surface area contributed by atoms with Crippen LogP contribution in [-0.4, -0.2) is 55.0 Å². The molecule has 0 radical (unpaired) electrons. The number of unbranched alkanes of at least 4 members (excludes halogenated alkanes) is 3. The summed E-state index contributed by atoms with van der Waals surface area (Å²) >= 11 is 0. The molecule has 216 valence electrons. The Morgan fingerprint density at radius 1 is 0.875 bits per heavy atom. The van der Waals surface area contributed by atoms with E-state index in [1.807, 2.05) is 68.4 Å². The molecule has 3 rings (SSSR count). The van der Waals surface area contributed by atoms with Gasteiger partial charge in [0.15, 0.2) is 11.5 Å². The van der Waals surface area contributed by atoms with Crippen molar-refractivity contribution in [2.75, 3.05) is 27.3 Å². The van der Waals surface area contributed by atoms with E-state index in [4.69, 9.17) is 13.9 Å². The van der Waals surface area contributed by atoms with Crippen LogP contribution in [0.25, 0.3) is 0 Å². The van der Waals surface area contributed by atoms with Crippen molar-refractivity contribution in [3.8, 4) is 11.5 Å².